The maximum Gasteiger partial charge on any atom is 0.316 e. The molecule has 2 aliphatic carbocycles. The summed E-state index contributed by atoms with van der Waals surface area (Å²) in [6.07, 6.45) is 4.86. The highest BCUT2D eigenvalue weighted by Gasteiger charge is 2.43. The monoisotopic (exact) mass is 361 g/mol. The zero-order valence-corrected chi connectivity index (χ0v) is 16.7. The molecule has 0 spiro atoms. The molecule has 1 aromatic carbocycles. The molecule has 4 heteroatoms. The maximum absolute atomic E-state index is 14.8. The maximum atomic E-state index is 14.8. The highest BCUT2D eigenvalue weighted by molar-refractivity contribution is 5.77. The molecule has 2 bridgehead atoms. The van der Waals surface area contributed by atoms with Crippen LogP contribution in [0.3, 0.4) is 0 Å². The van der Waals surface area contributed by atoms with Crippen LogP contribution in [0.2, 0.25) is 0 Å². The molecule has 0 saturated heterocycles. The van der Waals surface area contributed by atoms with Gasteiger partial charge < -0.3 is 9.64 Å². The molecule has 0 aromatic heterocycles. The Kier molecular flexibility index (Phi) is 5.43. The molecular weight excluding hydrogens is 329 g/mol. The van der Waals surface area contributed by atoms with Crippen LogP contribution in [0.25, 0.3) is 0 Å². The number of fused-ring (bicyclic) bond motifs is 2. The summed E-state index contributed by atoms with van der Waals surface area (Å²) in [7, 11) is 4.19. The van der Waals surface area contributed by atoms with E-state index in [1.165, 1.54) is 25.3 Å². The van der Waals surface area contributed by atoms with E-state index >= 15 is 0 Å². The molecule has 0 heterocycles. The minimum atomic E-state index is -0.577. The minimum absolute atomic E-state index is 0.171. The summed E-state index contributed by atoms with van der Waals surface area (Å²) >= 11 is 0. The molecule has 144 valence electrons. The Morgan fingerprint density at radius 3 is 2.62 bits per heavy atom. The van der Waals surface area contributed by atoms with Gasteiger partial charge in [0.1, 0.15) is 11.6 Å². The lowest BCUT2D eigenvalue weighted by Gasteiger charge is -2.39. The van der Waals surface area contributed by atoms with Gasteiger partial charge in [0, 0.05) is 6.54 Å². The largest absolute Gasteiger partial charge is 0.426 e. The van der Waals surface area contributed by atoms with Gasteiger partial charge in [0.25, 0.3) is 0 Å². The number of esters is 1. The van der Waals surface area contributed by atoms with E-state index in [-0.39, 0.29) is 17.7 Å². The van der Waals surface area contributed by atoms with E-state index in [2.05, 4.69) is 19.0 Å². The van der Waals surface area contributed by atoms with Crippen molar-refractivity contribution in [1.29, 1.82) is 0 Å². The van der Waals surface area contributed by atoms with Gasteiger partial charge >= 0.3 is 5.97 Å². The fourth-order valence-electron chi connectivity index (χ4n) is 4.76. The van der Waals surface area contributed by atoms with Gasteiger partial charge in [-0.1, -0.05) is 6.42 Å². The number of carbonyl (C=O) groups is 1. The first-order chi connectivity index (χ1) is 12.1. The molecule has 0 aliphatic heterocycles. The van der Waals surface area contributed by atoms with Crippen molar-refractivity contribution in [3.63, 3.8) is 0 Å². The second kappa shape index (κ2) is 7.30. The lowest BCUT2D eigenvalue weighted by Crippen LogP contribution is -2.35. The van der Waals surface area contributed by atoms with Crippen molar-refractivity contribution < 1.29 is 13.9 Å². The molecule has 3 nitrogen and oxygen atoms in total. The topological polar surface area (TPSA) is 29.5 Å². The van der Waals surface area contributed by atoms with Gasteiger partial charge in [-0.05, 0) is 102 Å². The zero-order valence-electron chi connectivity index (χ0n) is 16.7. The Labute approximate surface area is 156 Å². The van der Waals surface area contributed by atoms with Crippen LogP contribution in [0.15, 0.2) is 18.2 Å². The van der Waals surface area contributed by atoms with Gasteiger partial charge in [-0.3, -0.25) is 4.79 Å². The first kappa shape index (κ1) is 19.3. The molecule has 1 unspecified atom stereocenters. The number of benzene rings is 1. The van der Waals surface area contributed by atoms with Crippen LogP contribution in [-0.2, 0) is 4.79 Å². The molecule has 26 heavy (non-hydrogen) atoms. The number of halogens is 1. The Morgan fingerprint density at radius 2 is 1.96 bits per heavy atom. The van der Waals surface area contributed by atoms with E-state index in [1.807, 2.05) is 20.8 Å². The standard InChI is InChI=1S/C22H32FNO2/c1-22(2,3)21(25)26-16-8-9-20(23)18(12-16)17-11-14-6-7-15(10-14)19(17)13-24(4)5/h8-9,12,14-15,17,19H,6-7,10-11,13H2,1-5H3/t14-,15+,17?,19+/m1/s1. The average Bonchev–Trinajstić information content (AvgIpc) is 2.93. The van der Waals surface area contributed by atoms with Gasteiger partial charge in [0.2, 0.25) is 0 Å². The predicted molar refractivity (Wildman–Crippen MR) is 102 cm³/mol. The average molecular weight is 362 g/mol. The normalized spacial score (nSPS) is 28.4. The van der Waals surface area contributed by atoms with E-state index in [9.17, 15) is 9.18 Å². The zero-order chi connectivity index (χ0) is 19.1. The highest BCUT2D eigenvalue weighted by Crippen LogP contribution is 2.52. The smallest absolute Gasteiger partial charge is 0.316 e. The van der Waals surface area contributed by atoms with Crippen LogP contribution in [-0.4, -0.2) is 31.5 Å². The van der Waals surface area contributed by atoms with Crippen molar-refractivity contribution in [1.82, 2.24) is 4.90 Å². The molecule has 0 radical (unpaired) electrons. The SMILES string of the molecule is CN(C)C[C@@H]1C(c2cc(OC(=O)C(C)(C)C)ccc2F)C[C@@H]2CC[C@H]1C2. The van der Waals surface area contributed by atoms with Crippen LogP contribution < -0.4 is 4.74 Å². The summed E-state index contributed by atoms with van der Waals surface area (Å²) in [5, 5.41) is 0. The number of ether oxygens (including phenoxy) is 1. The molecule has 2 aliphatic rings. The van der Waals surface area contributed by atoms with E-state index in [0.717, 1.165) is 18.5 Å². The summed E-state index contributed by atoms with van der Waals surface area (Å²) < 4.78 is 20.3. The van der Waals surface area contributed by atoms with Crippen LogP contribution in [0.5, 0.6) is 5.75 Å². The van der Waals surface area contributed by atoms with Crippen LogP contribution in [0.1, 0.15) is 57.9 Å². The summed E-state index contributed by atoms with van der Waals surface area (Å²) in [5.41, 5.74) is 0.152. The van der Waals surface area contributed by atoms with Gasteiger partial charge in [-0.25, -0.2) is 4.39 Å². The first-order valence-corrected chi connectivity index (χ1v) is 9.81. The molecule has 1 aromatic rings. The summed E-state index contributed by atoms with van der Waals surface area (Å²) in [6, 6.07) is 4.81. The van der Waals surface area contributed by atoms with Crippen LogP contribution >= 0.6 is 0 Å². The van der Waals surface area contributed by atoms with Crippen molar-refractivity contribution in [2.24, 2.45) is 23.2 Å². The summed E-state index contributed by atoms with van der Waals surface area (Å²) in [6.45, 7) is 6.45. The third kappa shape index (κ3) is 4.11. The van der Waals surface area contributed by atoms with E-state index in [4.69, 9.17) is 4.74 Å². The van der Waals surface area contributed by atoms with Gasteiger partial charge in [0.15, 0.2) is 0 Å². The number of carbonyl (C=O) groups excluding carboxylic acids is 1. The number of hydrogen-bond acceptors (Lipinski definition) is 3. The minimum Gasteiger partial charge on any atom is -0.426 e. The number of rotatable bonds is 4. The molecule has 2 fully saturated rings. The Bertz CT molecular complexity index is 665. The lowest BCUT2D eigenvalue weighted by molar-refractivity contribution is -0.143. The number of nitrogens with zero attached hydrogens (tertiary/aromatic N) is 1. The van der Waals surface area contributed by atoms with E-state index < -0.39 is 5.41 Å². The second-order valence-electron chi connectivity index (χ2n) is 9.53. The third-order valence-corrected chi connectivity index (χ3v) is 6.06. The van der Waals surface area contributed by atoms with Crippen molar-refractivity contribution >= 4 is 5.97 Å². The molecule has 0 N–H and O–H groups in total. The quantitative estimate of drug-likeness (QED) is 0.567. The Balaban J connectivity index is 1.88. The molecular formula is C22H32FNO2. The molecule has 2 saturated carbocycles. The fraction of sp³-hybridized carbons (Fsp3) is 0.682. The van der Waals surface area contributed by atoms with Crippen molar-refractivity contribution in [3.8, 4) is 5.75 Å². The van der Waals surface area contributed by atoms with Crippen molar-refractivity contribution in [3.05, 3.63) is 29.6 Å². The second-order valence-corrected chi connectivity index (χ2v) is 9.53. The summed E-state index contributed by atoms with van der Waals surface area (Å²) in [5.74, 6) is 2.07. The van der Waals surface area contributed by atoms with Crippen LogP contribution in [0, 0.1) is 29.0 Å². The first-order valence-electron chi connectivity index (χ1n) is 9.81. The summed E-state index contributed by atoms with van der Waals surface area (Å²) in [4.78, 5) is 14.4. The fourth-order valence-corrected chi connectivity index (χ4v) is 4.76. The molecule has 0 amide bonds. The van der Waals surface area contributed by atoms with Gasteiger partial charge in [-0.2, -0.15) is 0 Å². The van der Waals surface area contributed by atoms with Crippen molar-refractivity contribution in [2.75, 3.05) is 20.6 Å². The molecule has 4 atom stereocenters. The Morgan fingerprint density at radius 1 is 1.23 bits per heavy atom. The highest BCUT2D eigenvalue weighted by atomic mass is 19.1. The van der Waals surface area contributed by atoms with E-state index in [1.54, 1.807) is 12.1 Å². The van der Waals surface area contributed by atoms with Crippen LogP contribution in [0.4, 0.5) is 4.39 Å². The van der Waals surface area contributed by atoms with Gasteiger partial charge in [-0.15, -0.1) is 0 Å². The lowest BCUT2D eigenvalue weighted by atomic mass is 9.69. The Hall–Kier alpha value is -1.42. The predicted octanol–water partition coefficient (Wildman–Crippen LogP) is 4.86. The third-order valence-electron chi connectivity index (χ3n) is 6.06. The van der Waals surface area contributed by atoms with Gasteiger partial charge in [0.05, 0.1) is 5.41 Å². The molecule has 3 rings (SSSR count). The number of hydrogen-bond donors (Lipinski definition) is 0. The van der Waals surface area contributed by atoms with E-state index in [0.29, 0.717) is 23.5 Å². The van der Waals surface area contributed by atoms with Crippen molar-refractivity contribution in [2.45, 2.75) is 52.4 Å².